The van der Waals surface area contributed by atoms with Gasteiger partial charge in [-0.25, -0.2) is 4.98 Å². The van der Waals surface area contributed by atoms with Crippen LogP contribution in [0.5, 0.6) is 0 Å². The van der Waals surface area contributed by atoms with E-state index in [-0.39, 0.29) is 0 Å². The van der Waals surface area contributed by atoms with Crippen LogP contribution in [0.2, 0.25) is 0 Å². The molecule has 0 saturated carbocycles. The number of hydrogen-bond acceptors (Lipinski definition) is 5. The quantitative estimate of drug-likeness (QED) is 0.869. The summed E-state index contributed by atoms with van der Waals surface area (Å²) >= 11 is 2.02. The van der Waals surface area contributed by atoms with Gasteiger partial charge in [-0.2, -0.15) is 16.7 Å². The van der Waals surface area contributed by atoms with E-state index in [0.717, 1.165) is 11.5 Å². The van der Waals surface area contributed by atoms with Gasteiger partial charge in [0, 0.05) is 37.7 Å². The number of thioether (sulfide) groups is 1. The van der Waals surface area contributed by atoms with E-state index in [0.29, 0.717) is 12.0 Å². The van der Waals surface area contributed by atoms with Crippen molar-refractivity contribution in [2.24, 2.45) is 0 Å². The molecule has 0 bridgehead atoms. The highest BCUT2D eigenvalue weighted by atomic mass is 32.2. The molecule has 2 heterocycles. The summed E-state index contributed by atoms with van der Waals surface area (Å²) < 4.78 is 0. The third kappa shape index (κ3) is 2.40. The summed E-state index contributed by atoms with van der Waals surface area (Å²) in [5.74, 6) is 4.18. The van der Waals surface area contributed by atoms with Crippen LogP contribution in [0, 0.1) is 6.92 Å². The molecule has 1 fully saturated rings. The van der Waals surface area contributed by atoms with Crippen LogP contribution >= 0.6 is 11.8 Å². The number of nitrogens with zero attached hydrogens (tertiary/aromatic N) is 3. The summed E-state index contributed by atoms with van der Waals surface area (Å²) in [7, 11) is 3.97. The summed E-state index contributed by atoms with van der Waals surface area (Å²) in [5, 5.41) is 3.00. The first kappa shape index (κ1) is 11.5. The number of aromatic nitrogens is 2. The van der Waals surface area contributed by atoms with E-state index < -0.39 is 0 Å². The molecule has 1 aromatic rings. The highest BCUT2D eigenvalue weighted by Crippen LogP contribution is 2.25. The normalized spacial score (nSPS) is 19.8. The Morgan fingerprint density at radius 1 is 1.50 bits per heavy atom. The lowest BCUT2D eigenvalue weighted by molar-refractivity contribution is 0.690. The molecule has 16 heavy (non-hydrogen) atoms. The van der Waals surface area contributed by atoms with E-state index in [4.69, 9.17) is 0 Å². The molecule has 1 unspecified atom stereocenters. The predicted molar refractivity (Wildman–Crippen MR) is 70.4 cm³/mol. The fourth-order valence-electron chi connectivity index (χ4n) is 1.86. The van der Waals surface area contributed by atoms with Crippen LogP contribution in [0.3, 0.4) is 0 Å². The maximum atomic E-state index is 4.49. The first-order chi connectivity index (χ1) is 7.70. The predicted octanol–water partition coefficient (Wildman–Crippen LogP) is 1.77. The lowest BCUT2D eigenvalue weighted by atomic mass is 10.2. The summed E-state index contributed by atoms with van der Waals surface area (Å²) in [5.41, 5.74) is 1.01. The van der Waals surface area contributed by atoms with Gasteiger partial charge in [0.2, 0.25) is 5.95 Å². The van der Waals surface area contributed by atoms with Gasteiger partial charge in [0.05, 0.1) is 0 Å². The van der Waals surface area contributed by atoms with E-state index >= 15 is 0 Å². The van der Waals surface area contributed by atoms with Gasteiger partial charge in [0.1, 0.15) is 5.82 Å². The molecule has 2 rings (SSSR count). The third-order valence-electron chi connectivity index (χ3n) is 2.88. The van der Waals surface area contributed by atoms with Gasteiger partial charge in [-0.1, -0.05) is 0 Å². The van der Waals surface area contributed by atoms with E-state index in [2.05, 4.69) is 27.2 Å². The minimum atomic E-state index is 0.615. The molecule has 0 spiro atoms. The fourth-order valence-corrected chi connectivity index (χ4v) is 3.13. The standard InChI is InChI=1S/C11H18N4S/c1-8-6-10(14-11(12-2)13-8)15(3)9-4-5-16-7-9/h6,9H,4-5,7H2,1-3H3,(H,12,13,14). The monoisotopic (exact) mass is 238 g/mol. The Morgan fingerprint density at radius 3 is 2.94 bits per heavy atom. The second-order valence-corrected chi connectivity index (χ2v) is 5.22. The topological polar surface area (TPSA) is 41.1 Å². The summed E-state index contributed by atoms with van der Waals surface area (Å²) in [6, 6.07) is 2.66. The highest BCUT2D eigenvalue weighted by Gasteiger charge is 2.21. The van der Waals surface area contributed by atoms with Crippen molar-refractivity contribution in [3.8, 4) is 0 Å². The molecule has 88 valence electrons. The molecule has 0 aromatic carbocycles. The van der Waals surface area contributed by atoms with Crippen molar-refractivity contribution in [1.29, 1.82) is 0 Å². The second-order valence-electron chi connectivity index (χ2n) is 4.07. The zero-order chi connectivity index (χ0) is 11.5. The summed E-state index contributed by atoms with van der Waals surface area (Å²) in [4.78, 5) is 11.1. The van der Waals surface area contributed by atoms with Crippen molar-refractivity contribution in [3.63, 3.8) is 0 Å². The first-order valence-electron chi connectivity index (χ1n) is 5.54. The Labute approximate surface area is 101 Å². The van der Waals surface area contributed by atoms with E-state index in [1.807, 2.05) is 31.8 Å². The highest BCUT2D eigenvalue weighted by molar-refractivity contribution is 7.99. The molecule has 1 saturated heterocycles. The van der Waals surface area contributed by atoms with Gasteiger partial charge in [-0.05, 0) is 19.1 Å². The Morgan fingerprint density at radius 2 is 2.31 bits per heavy atom. The molecule has 1 aromatic heterocycles. The first-order valence-corrected chi connectivity index (χ1v) is 6.70. The van der Waals surface area contributed by atoms with Gasteiger partial charge in [0.15, 0.2) is 0 Å². The van der Waals surface area contributed by atoms with Crippen LogP contribution in [0.4, 0.5) is 11.8 Å². The van der Waals surface area contributed by atoms with Crippen molar-refractivity contribution < 1.29 is 0 Å². The molecule has 0 aliphatic carbocycles. The Kier molecular flexibility index (Phi) is 3.53. The smallest absolute Gasteiger partial charge is 0.224 e. The van der Waals surface area contributed by atoms with Crippen molar-refractivity contribution >= 4 is 23.5 Å². The van der Waals surface area contributed by atoms with Gasteiger partial charge < -0.3 is 10.2 Å². The number of rotatable bonds is 3. The SMILES string of the molecule is CNc1nc(C)cc(N(C)C2CCSC2)n1. The number of hydrogen-bond donors (Lipinski definition) is 1. The number of anilines is 2. The van der Waals surface area contributed by atoms with Crippen molar-refractivity contribution in [1.82, 2.24) is 9.97 Å². The zero-order valence-corrected chi connectivity index (χ0v) is 10.8. The lowest BCUT2D eigenvalue weighted by Gasteiger charge is -2.25. The average Bonchev–Trinajstić information content (AvgIpc) is 2.80. The molecular formula is C11H18N4S. The lowest BCUT2D eigenvalue weighted by Crippen LogP contribution is -2.32. The minimum absolute atomic E-state index is 0.615. The van der Waals surface area contributed by atoms with Crippen LogP contribution in [0.15, 0.2) is 6.07 Å². The van der Waals surface area contributed by atoms with E-state index in [9.17, 15) is 0 Å². The fraction of sp³-hybridized carbons (Fsp3) is 0.636. The second kappa shape index (κ2) is 4.91. The van der Waals surface area contributed by atoms with Crippen molar-refractivity contribution in [2.45, 2.75) is 19.4 Å². The van der Waals surface area contributed by atoms with Gasteiger partial charge >= 0.3 is 0 Å². The largest absolute Gasteiger partial charge is 0.357 e. The number of nitrogens with one attached hydrogen (secondary N) is 1. The molecule has 1 N–H and O–H groups in total. The Balaban J connectivity index is 2.21. The molecule has 1 aliphatic rings. The maximum Gasteiger partial charge on any atom is 0.224 e. The molecule has 0 radical (unpaired) electrons. The Bertz CT molecular complexity index is 363. The number of aryl methyl sites for hydroxylation is 1. The van der Waals surface area contributed by atoms with Crippen molar-refractivity contribution in [2.75, 3.05) is 35.8 Å². The molecule has 1 aliphatic heterocycles. The van der Waals surface area contributed by atoms with Gasteiger partial charge in [-0.15, -0.1) is 0 Å². The summed E-state index contributed by atoms with van der Waals surface area (Å²) in [6.45, 7) is 2.00. The van der Waals surface area contributed by atoms with Crippen LogP contribution < -0.4 is 10.2 Å². The van der Waals surface area contributed by atoms with Crippen LogP contribution in [0.1, 0.15) is 12.1 Å². The summed E-state index contributed by atoms with van der Waals surface area (Å²) in [6.07, 6.45) is 1.25. The Hall–Kier alpha value is -0.970. The zero-order valence-electron chi connectivity index (χ0n) is 10.0. The van der Waals surface area contributed by atoms with E-state index in [1.54, 1.807) is 0 Å². The maximum absolute atomic E-state index is 4.49. The third-order valence-corrected chi connectivity index (χ3v) is 4.02. The average molecular weight is 238 g/mol. The van der Waals surface area contributed by atoms with E-state index in [1.165, 1.54) is 17.9 Å². The molecule has 5 heteroatoms. The molecular weight excluding hydrogens is 220 g/mol. The van der Waals surface area contributed by atoms with Crippen LogP contribution in [0.25, 0.3) is 0 Å². The molecule has 4 nitrogen and oxygen atoms in total. The van der Waals surface area contributed by atoms with Gasteiger partial charge in [0.25, 0.3) is 0 Å². The van der Waals surface area contributed by atoms with Crippen LogP contribution in [-0.2, 0) is 0 Å². The van der Waals surface area contributed by atoms with Crippen molar-refractivity contribution in [3.05, 3.63) is 11.8 Å². The van der Waals surface area contributed by atoms with Gasteiger partial charge in [-0.3, -0.25) is 0 Å². The van der Waals surface area contributed by atoms with Crippen LogP contribution in [-0.4, -0.2) is 41.6 Å². The molecule has 0 amide bonds. The molecule has 1 atom stereocenters. The minimum Gasteiger partial charge on any atom is -0.357 e.